The monoisotopic (exact) mass is 496 g/mol. The molecule has 2 N–H and O–H groups in total. The van der Waals surface area contributed by atoms with Crippen LogP contribution in [0.4, 0.5) is 4.39 Å². The first-order valence-electron chi connectivity index (χ1n) is 9.84. The van der Waals surface area contributed by atoms with Crippen molar-refractivity contribution < 1.29 is 23.4 Å². The van der Waals surface area contributed by atoms with Crippen LogP contribution >= 0.6 is 15.9 Å². The number of halogens is 2. The first-order valence-corrected chi connectivity index (χ1v) is 10.6. The number of hydrogen-bond acceptors (Lipinski definition) is 3. The fourth-order valence-corrected chi connectivity index (χ4v) is 3.78. The molecule has 6 nitrogen and oxygen atoms in total. The molecule has 0 aliphatic carbocycles. The van der Waals surface area contributed by atoms with Gasteiger partial charge in [-0.05, 0) is 72.8 Å². The van der Waals surface area contributed by atoms with E-state index in [-0.39, 0.29) is 11.5 Å². The molecule has 3 aromatic carbocycles. The molecule has 32 heavy (non-hydrogen) atoms. The van der Waals surface area contributed by atoms with Crippen LogP contribution in [0.25, 0.3) is 0 Å². The van der Waals surface area contributed by atoms with Gasteiger partial charge in [-0.25, -0.2) is 4.39 Å². The molecule has 1 saturated heterocycles. The summed E-state index contributed by atoms with van der Waals surface area (Å²) in [6.07, 6.45) is 1.81. The van der Waals surface area contributed by atoms with Gasteiger partial charge < -0.3 is 10.1 Å². The Morgan fingerprint density at radius 3 is 2.34 bits per heavy atom. The van der Waals surface area contributed by atoms with Crippen LogP contribution in [-0.2, 0) is 4.79 Å². The quantitative estimate of drug-likeness (QED) is 0.530. The average Bonchev–Trinajstić information content (AvgIpc) is 3.10. The number of rotatable bonds is 5. The van der Waals surface area contributed by atoms with E-state index in [0.29, 0.717) is 5.75 Å². The number of nitrogens with zero attached hydrogens (tertiary/aromatic N) is 1. The molecule has 162 valence electrons. The van der Waals surface area contributed by atoms with E-state index in [1.807, 2.05) is 42.6 Å². The van der Waals surface area contributed by atoms with Gasteiger partial charge in [-0.1, -0.05) is 15.9 Å². The third kappa shape index (κ3) is 4.70. The summed E-state index contributed by atoms with van der Waals surface area (Å²) in [6, 6.07) is 18.7. The molecular weight excluding hydrogens is 477 g/mol. The van der Waals surface area contributed by atoms with Crippen molar-refractivity contribution in [2.24, 2.45) is 0 Å². The van der Waals surface area contributed by atoms with E-state index in [4.69, 9.17) is 4.74 Å². The van der Waals surface area contributed by atoms with Crippen molar-refractivity contribution in [1.29, 1.82) is 0 Å². The molecule has 0 radical (unpaired) electrons. The lowest BCUT2D eigenvalue weighted by Gasteiger charge is -2.15. The van der Waals surface area contributed by atoms with Crippen LogP contribution in [0.15, 0.2) is 77.3 Å². The number of hydrazine groups is 1. The van der Waals surface area contributed by atoms with Gasteiger partial charge in [-0.2, -0.15) is 0 Å². The third-order valence-electron chi connectivity index (χ3n) is 5.15. The second-order valence-electron chi connectivity index (χ2n) is 7.24. The molecule has 0 spiro atoms. The van der Waals surface area contributed by atoms with Crippen molar-refractivity contribution >= 4 is 34.0 Å². The highest BCUT2D eigenvalue weighted by Crippen LogP contribution is 2.27. The summed E-state index contributed by atoms with van der Waals surface area (Å²) in [5.41, 5.74) is 4.78. The van der Waals surface area contributed by atoms with Gasteiger partial charge in [0.05, 0.1) is 7.11 Å². The number of carbonyl (C=O) groups excluding carboxylic acids is 2. The van der Waals surface area contributed by atoms with Crippen molar-refractivity contribution in [3.05, 3.63) is 99.8 Å². The Bertz CT molecular complexity index is 1160. The Labute approximate surface area is 192 Å². The van der Waals surface area contributed by atoms with Crippen molar-refractivity contribution in [1.82, 2.24) is 10.7 Å². The Kier molecular flexibility index (Phi) is 6.32. The fraction of sp³-hybridized carbons (Fsp3) is 0.125. The van der Waals surface area contributed by atoms with Crippen LogP contribution in [0, 0.1) is 5.82 Å². The molecule has 1 aliphatic rings. The number of hydrazone groups is 1. The second-order valence-corrected chi connectivity index (χ2v) is 8.16. The van der Waals surface area contributed by atoms with Crippen LogP contribution in [0.5, 0.6) is 5.75 Å². The van der Waals surface area contributed by atoms with Gasteiger partial charge in [0.15, 0.2) is 6.04 Å². The fourth-order valence-electron chi connectivity index (χ4n) is 3.52. The van der Waals surface area contributed by atoms with Gasteiger partial charge >= 0.3 is 5.91 Å². The highest BCUT2D eigenvalue weighted by Gasteiger charge is 2.47. The summed E-state index contributed by atoms with van der Waals surface area (Å²) in [7, 11) is 1.58. The van der Waals surface area contributed by atoms with Gasteiger partial charge in [0, 0.05) is 21.2 Å². The van der Waals surface area contributed by atoms with Crippen LogP contribution in [-0.4, -0.2) is 35.9 Å². The first kappa shape index (κ1) is 21.7. The number of ether oxygens (including phenoxy) is 1. The maximum atomic E-state index is 13.2. The van der Waals surface area contributed by atoms with E-state index < -0.39 is 23.8 Å². The SMILES string of the molecule is COc1ccc([C@@H]2[C@@H](NC(=O)c3ccc(F)cc3)C(=O)N/[N+]2=C\c2ccc(Br)cc2)cc1. The van der Waals surface area contributed by atoms with Crippen LogP contribution in [0.2, 0.25) is 0 Å². The normalized spacial score (nSPS) is 19.0. The average molecular weight is 497 g/mol. The van der Waals surface area contributed by atoms with Gasteiger partial charge in [0.25, 0.3) is 5.91 Å². The number of nitrogens with one attached hydrogen (secondary N) is 2. The zero-order valence-corrected chi connectivity index (χ0v) is 18.7. The molecule has 1 aliphatic heterocycles. The lowest BCUT2D eigenvalue weighted by atomic mass is 9.99. The van der Waals surface area contributed by atoms with Crippen molar-refractivity contribution in [2.45, 2.75) is 12.1 Å². The molecule has 8 heteroatoms. The topological polar surface area (TPSA) is 70.4 Å². The maximum Gasteiger partial charge on any atom is 0.304 e. The van der Waals surface area contributed by atoms with Gasteiger partial charge in [0.2, 0.25) is 12.3 Å². The zero-order chi connectivity index (χ0) is 22.7. The maximum absolute atomic E-state index is 13.2. The summed E-state index contributed by atoms with van der Waals surface area (Å²) >= 11 is 3.41. The minimum atomic E-state index is -0.868. The van der Waals surface area contributed by atoms with Crippen LogP contribution in [0.1, 0.15) is 27.5 Å². The summed E-state index contributed by atoms with van der Waals surface area (Å²) in [5, 5.41) is 2.79. The largest absolute Gasteiger partial charge is 0.497 e. The Hall–Kier alpha value is -3.52. The molecule has 2 amide bonds. The summed E-state index contributed by atoms with van der Waals surface area (Å²) in [6.45, 7) is 0. The lowest BCUT2D eigenvalue weighted by molar-refractivity contribution is -0.596. The molecule has 0 saturated carbocycles. The summed E-state index contributed by atoms with van der Waals surface area (Å²) < 4.78 is 21.1. The van der Waals surface area contributed by atoms with E-state index >= 15 is 0 Å². The van der Waals surface area contributed by atoms with E-state index in [1.54, 1.807) is 23.9 Å². The first-order chi connectivity index (χ1) is 15.4. The third-order valence-corrected chi connectivity index (χ3v) is 5.67. The number of hydrogen-bond donors (Lipinski definition) is 2. The highest BCUT2D eigenvalue weighted by molar-refractivity contribution is 9.10. The van der Waals surface area contributed by atoms with E-state index in [1.165, 1.54) is 24.3 Å². The number of benzene rings is 3. The molecule has 0 unspecified atom stereocenters. The Morgan fingerprint density at radius 2 is 1.72 bits per heavy atom. The zero-order valence-electron chi connectivity index (χ0n) is 17.1. The molecule has 0 bridgehead atoms. The van der Waals surface area contributed by atoms with Crippen molar-refractivity contribution in [3.8, 4) is 5.75 Å². The number of amides is 2. The molecule has 1 fully saturated rings. The standard InChI is InChI=1S/C24H19BrFN3O3/c1-32-20-12-6-16(7-13-20)22-21(27-23(30)17-4-10-19(26)11-5-17)24(31)28-29(22)14-15-2-8-18(25)9-3-15/h2-14,21-22H,1H3,(H-,27,28,30,31)/p+1/b29-14-/t21-,22-/m1/s1. The smallest absolute Gasteiger partial charge is 0.304 e. The number of methoxy groups -OCH3 is 1. The Morgan fingerprint density at radius 1 is 1.06 bits per heavy atom. The molecule has 3 aromatic rings. The molecule has 2 atom stereocenters. The van der Waals surface area contributed by atoms with Crippen LogP contribution in [0.3, 0.4) is 0 Å². The highest BCUT2D eigenvalue weighted by atomic mass is 79.9. The second kappa shape index (κ2) is 9.32. The van der Waals surface area contributed by atoms with E-state index in [0.717, 1.165) is 15.6 Å². The minimum absolute atomic E-state index is 0.267. The summed E-state index contributed by atoms with van der Waals surface area (Å²) in [4.78, 5) is 25.6. The Balaban J connectivity index is 1.69. The van der Waals surface area contributed by atoms with Crippen molar-refractivity contribution in [3.63, 3.8) is 0 Å². The molecule has 0 aromatic heterocycles. The minimum Gasteiger partial charge on any atom is -0.497 e. The predicted octanol–water partition coefficient (Wildman–Crippen LogP) is 3.61. The predicted molar refractivity (Wildman–Crippen MR) is 121 cm³/mol. The lowest BCUT2D eigenvalue weighted by Crippen LogP contribution is -2.42. The van der Waals surface area contributed by atoms with E-state index in [9.17, 15) is 14.0 Å². The molecule has 4 rings (SSSR count). The summed E-state index contributed by atoms with van der Waals surface area (Å²) in [5.74, 6) is -0.572. The van der Waals surface area contributed by atoms with Gasteiger partial charge in [0.1, 0.15) is 11.6 Å². The molecule has 1 heterocycles. The molecular formula is C24H20BrFN3O3+. The van der Waals surface area contributed by atoms with Gasteiger partial charge in [-0.15, -0.1) is 10.1 Å². The van der Waals surface area contributed by atoms with Crippen molar-refractivity contribution in [2.75, 3.05) is 7.11 Å². The van der Waals surface area contributed by atoms with Gasteiger partial charge in [-0.3, -0.25) is 9.59 Å². The van der Waals surface area contributed by atoms with E-state index in [2.05, 4.69) is 26.7 Å². The van der Waals surface area contributed by atoms with Crippen LogP contribution < -0.4 is 15.5 Å². The number of carbonyl (C=O) groups is 2.